The molecule has 1 N–H and O–H groups in total. The summed E-state index contributed by atoms with van der Waals surface area (Å²) in [6.45, 7) is 2.13. The summed E-state index contributed by atoms with van der Waals surface area (Å²) in [4.78, 5) is 1.41. The fourth-order valence-corrected chi connectivity index (χ4v) is 6.71. The molecule has 0 atom stereocenters. The van der Waals surface area contributed by atoms with Crippen molar-refractivity contribution < 1.29 is 8.42 Å². The van der Waals surface area contributed by atoms with E-state index in [0.717, 1.165) is 63.4 Å². The Balaban J connectivity index is 1.58. The Hall–Kier alpha value is -1.42. The summed E-state index contributed by atoms with van der Waals surface area (Å²) in [7, 11) is -1.61. The van der Waals surface area contributed by atoms with Crippen LogP contribution in [0.3, 0.4) is 0 Å². The third kappa shape index (κ3) is 6.04. The van der Waals surface area contributed by atoms with E-state index in [0.29, 0.717) is 11.8 Å². The average Bonchev–Trinajstić information content (AvgIpc) is 3.16. The van der Waals surface area contributed by atoms with E-state index in [4.69, 9.17) is 0 Å². The van der Waals surface area contributed by atoms with Gasteiger partial charge in [0.25, 0.3) is 0 Å². The second-order valence-corrected chi connectivity index (χ2v) is 11.5. The van der Waals surface area contributed by atoms with Crippen molar-refractivity contribution >= 4 is 26.9 Å². The van der Waals surface area contributed by atoms with Crippen molar-refractivity contribution in [2.45, 2.75) is 64.7 Å². The monoisotopic (exact) mass is 432 g/mol. The van der Waals surface area contributed by atoms with Gasteiger partial charge in [0.05, 0.1) is 17.4 Å². The maximum atomic E-state index is 11.8. The first-order valence-electron chi connectivity index (χ1n) is 10.7. The van der Waals surface area contributed by atoms with Gasteiger partial charge in [-0.1, -0.05) is 24.8 Å². The van der Waals surface area contributed by atoms with Gasteiger partial charge >= 0.3 is 0 Å². The quantitative estimate of drug-likeness (QED) is 0.623. The average molecular weight is 433 g/mol. The number of thiophene rings is 1. The molecule has 6 heteroatoms. The molecule has 1 fully saturated rings. The first-order chi connectivity index (χ1) is 13.9. The minimum atomic E-state index is -3.10. The van der Waals surface area contributed by atoms with Crippen LogP contribution in [0, 0.1) is 23.2 Å². The fraction of sp³-hybridized carbons (Fsp3) is 0.609. The van der Waals surface area contributed by atoms with Gasteiger partial charge in [-0.05, 0) is 93.0 Å². The largest absolute Gasteiger partial charge is 0.218 e. The molecule has 2 aliphatic rings. The van der Waals surface area contributed by atoms with Crippen molar-refractivity contribution in [3.05, 3.63) is 39.1 Å². The molecule has 0 aliphatic heterocycles. The highest BCUT2D eigenvalue weighted by atomic mass is 32.2. The second-order valence-electron chi connectivity index (χ2n) is 8.52. The zero-order valence-corrected chi connectivity index (χ0v) is 19.2. The van der Waals surface area contributed by atoms with Crippen molar-refractivity contribution in [3.8, 4) is 6.07 Å². The van der Waals surface area contributed by atoms with E-state index in [-0.39, 0.29) is 5.75 Å². The number of rotatable bonds is 7. The molecular weight excluding hydrogens is 400 g/mol. The molecule has 0 bridgehead atoms. The van der Waals surface area contributed by atoms with Gasteiger partial charge in [0.1, 0.15) is 0 Å². The van der Waals surface area contributed by atoms with Crippen molar-refractivity contribution in [1.82, 2.24) is 4.72 Å². The first-order valence-corrected chi connectivity index (χ1v) is 13.2. The van der Waals surface area contributed by atoms with E-state index < -0.39 is 10.0 Å². The highest BCUT2D eigenvalue weighted by molar-refractivity contribution is 7.89. The van der Waals surface area contributed by atoms with Crippen molar-refractivity contribution in [3.63, 3.8) is 0 Å². The van der Waals surface area contributed by atoms with Crippen LogP contribution in [0.25, 0.3) is 5.57 Å². The van der Waals surface area contributed by atoms with Crippen molar-refractivity contribution in [2.24, 2.45) is 11.8 Å². The number of fused-ring (bicyclic) bond motifs is 1. The summed E-state index contributed by atoms with van der Waals surface area (Å²) in [6, 6.07) is 4.64. The molecule has 0 aromatic carbocycles. The molecule has 4 nitrogen and oxygen atoms in total. The van der Waals surface area contributed by atoms with E-state index in [1.165, 1.54) is 28.6 Å². The number of nitriles is 1. The zero-order chi connectivity index (χ0) is 20.9. The van der Waals surface area contributed by atoms with Gasteiger partial charge in [-0.2, -0.15) is 5.26 Å². The lowest BCUT2D eigenvalue weighted by atomic mass is 9.80. The maximum Gasteiger partial charge on any atom is 0.211 e. The number of sulfonamides is 1. The molecule has 1 heterocycles. The Morgan fingerprint density at radius 1 is 1.21 bits per heavy atom. The molecule has 0 saturated heterocycles. The molecule has 3 rings (SSSR count). The fourth-order valence-electron chi connectivity index (χ4n) is 4.68. The lowest BCUT2D eigenvalue weighted by Gasteiger charge is -2.28. The van der Waals surface area contributed by atoms with E-state index in [9.17, 15) is 13.7 Å². The minimum absolute atomic E-state index is 0.265. The van der Waals surface area contributed by atoms with Gasteiger partial charge in [-0.3, -0.25) is 0 Å². The summed E-state index contributed by atoms with van der Waals surface area (Å²) < 4.78 is 26.0. The third-order valence-electron chi connectivity index (χ3n) is 6.42. The second kappa shape index (κ2) is 10.1. The van der Waals surface area contributed by atoms with Crippen molar-refractivity contribution in [1.29, 1.82) is 5.26 Å². The standard InChI is InChI=1S/C23H32N2O2S2/c1-17-6-11-23-22(12-13-28-23)21(20(14-17)15-24)5-3-4-18-7-9-19(10-8-18)16-29(26,27)25-2/h12-14,18-19,25H,3-11,16H2,1-2H3. The lowest BCUT2D eigenvalue weighted by Crippen LogP contribution is -2.29. The van der Waals surface area contributed by atoms with Crippen LogP contribution in [-0.2, 0) is 16.4 Å². The van der Waals surface area contributed by atoms with Crippen LogP contribution >= 0.6 is 11.3 Å². The number of aryl methyl sites for hydroxylation is 1. The van der Waals surface area contributed by atoms with Crippen LogP contribution in [0.2, 0.25) is 0 Å². The highest BCUT2D eigenvalue weighted by Crippen LogP contribution is 2.37. The van der Waals surface area contributed by atoms with Crippen LogP contribution in [0.5, 0.6) is 0 Å². The smallest absolute Gasteiger partial charge is 0.211 e. The molecule has 0 spiro atoms. The third-order valence-corrected chi connectivity index (χ3v) is 8.94. The van der Waals surface area contributed by atoms with Crippen LogP contribution < -0.4 is 4.72 Å². The van der Waals surface area contributed by atoms with Crippen LogP contribution in [0.1, 0.15) is 68.7 Å². The SMILES string of the molecule is CNS(=O)(=O)CC1CCC(CCCC2=C(C#N)C=C(C)CCc3sccc32)CC1. The summed E-state index contributed by atoms with van der Waals surface area (Å²) in [5.74, 6) is 1.24. The van der Waals surface area contributed by atoms with Crippen LogP contribution in [-0.4, -0.2) is 21.2 Å². The molecule has 1 aromatic rings. The van der Waals surface area contributed by atoms with Gasteiger partial charge in [-0.15, -0.1) is 11.3 Å². The molecular formula is C23H32N2O2S2. The molecule has 1 saturated carbocycles. The summed E-state index contributed by atoms with van der Waals surface area (Å²) >= 11 is 1.81. The van der Waals surface area contributed by atoms with Gasteiger partial charge in [0.2, 0.25) is 10.0 Å². The van der Waals surface area contributed by atoms with Crippen LogP contribution in [0.15, 0.2) is 28.7 Å². The predicted octanol–water partition coefficient (Wildman–Crippen LogP) is 5.44. The number of hydrogen-bond donors (Lipinski definition) is 1. The Morgan fingerprint density at radius 3 is 2.62 bits per heavy atom. The highest BCUT2D eigenvalue weighted by Gasteiger charge is 2.25. The van der Waals surface area contributed by atoms with E-state index in [1.807, 2.05) is 11.3 Å². The topological polar surface area (TPSA) is 70.0 Å². The molecule has 1 aromatic heterocycles. The Kier molecular flexibility index (Phi) is 7.72. The molecule has 0 amide bonds. The first kappa shape index (κ1) is 22.3. The summed E-state index contributed by atoms with van der Waals surface area (Å²) in [5.41, 5.74) is 4.63. The van der Waals surface area contributed by atoms with Gasteiger partial charge in [0.15, 0.2) is 0 Å². The van der Waals surface area contributed by atoms with Gasteiger partial charge in [-0.25, -0.2) is 13.1 Å². The molecule has 0 radical (unpaired) electrons. The number of hydrogen-bond acceptors (Lipinski definition) is 4. The van der Waals surface area contributed by atoms with Crippen molar-refractivity contribution in [2.75, 3.05) is 12.8 Å². The van der Waals surface area contributed by atoms with Crippen LogP contribution in [0.4, 0.5) is 0 Å². The predicted molar refractivity (Wildman–Crippen MR) is 121 cm³/mol. The Morgan fingerprint density at radius 2 is 1.93 bits per heavy atom. The molecule has 2 aliphatic carbocycles. The normalized spacial score (nSPS) is 23.0. The van der Waals surface area contributed by atoms with Gasteiger partial charge in [0, 0.05) is 4.88 Å². The Bertz CT molecular complexity index is 911. The van der Waals surface area contributed by atoms with E-state index >= 15 is 0 Å². The molecule has 0 unspecified atom stereocenters. The molecule has 158 valence electrons. The van der Waals surface area contributed by atoms with Gasteiger partial charge < -0.3 is 0 Å². The maximum absolute atomic E-state index is 11.8. The number of allylic oxidation sites excluding steroid dienone is 4. The van der Waals surface area contributed by atoms with E-state index in [2.05, 4.69) is 35.2 Å². The summed E-state index contributed by atoms with van der Waals surface area (Å²) in [6.07, 6.45) is 11.6. The minimum Gasteiger partial charge on any atom is -0.218 e. The summed E-state index contributed by atoms with van der Waals surface area (Å²) in [5, 5.41) is 11.9. The Labute approximate surface area is 179 Å². The van der Waals surface area contributed by atoms with E-state index in [1.54, 1.807) is 0 Å². The number of nitrogens with one attached hydrogen (secondary N) is 1. The number of nitrogens with zero attached hydrogens (tertiary/aromatic N) is 1. The molecule has 29 heavy (non-hydrogen) atoms. The lowest BCUT2D eigenvalue weighted by molar-refractivity contribution is 0.275. The zero-order valence-electron chi connectivity index (χ0n) is 17.5.